The minimum absolute atomic E-state index is 0.309. The van der Waals surface area contributed by atoms with Crippen LogP contribution in [0.5, 0.6) is 0 Å². The lowest BCUT2D eigenvalue weighted by atomic mass is 9.78. The fourth-order valence-electron chi connectivity index (χ4n) is 2.86. The molecule has 0 saturated heterocycles. The van der Waals surface area contributed by atoms with Crippen LogP contribution in [0.25, 0.3) is 11.4 Å². The molecule has 1 saturated carbocycles. The van der Waals surface area contributed by atoms with Crippen LogP contribution in [0.1, 0.15) is 44.1 Å². The fraction of sp³-hybridized carbons (Fsp3) is 0.500. The van der Waals surface area contributed by atoms with Crippen molar-refractivity contribution in [2.24, 2.45) is 11.7 Å². The van der Waals surface area contributed by atoms with Gasteiger partial charge in [-0.3, -0.25) is 0 Å². The van der Waals surface area contributed by atoms with Crippen LogP contribution in [0.2, 0.25) is 0 Å². The zero-order valence-electron chi connectivity index (χ0n) is 12.4. The van der Waals surface area contributed by atoms with Crippen LogP contribution in [-0.2, 0) is 5.54 Å². The molecule has 21 heavy (non-hydrogen) atoms. The average Bonchev–Trinajstić information content (AvgIpc) is 2.95. The van der Waals surface area contributed by atoms with Crippen molar-refractivity contribution in [1.29, 1.82) is 0 Å². The predicted molar refractivity (Wildman–Crippen MR) is 77.9 cm³/mol. The molecule has 1 aromatic heterocycles. The second-order valence-corrected chi connectivity index (χ2v) is 6.22. The van der Waals surface area contributed by atoms with Crippen molar-refractivity contribution >= 4 is 0 Å². The van der Waals surface area contributed by atoms with Gasteiger partial charge in [0.25, 0.3) is 0 Å². The van der Waals surface area contributed by atoms with Gasteiger partial charge in [-0.15, -0.1) is 0 Å². The zero-order chi connectivity index (χ0) is 15.0. The summed E-state index contributed by atoms with van der Waals surface area (Å²) >= 11 is 0. The van der Waals surface area contributed by atoms with E-state index in [0.717, 1.165) is 31.2 Å². The quantitative estimate of drug-likeness (QED) is 0.918. The molecule has 112 valence electrons. The van der Waals surface area contributed by atoms with Gasteiger partial charge in [0.1, 0.15) is 5.82 Å². The Balaban J connectivity index is 1.91. The Labute approximate surface area is 123 Å². The van der Waals surface area contributed by atoms with E-state index in [4.69, 9.17) is 10.3 Å². The summed E-state index contributed by atoms with van der Waals surface area (Å²) in [4.78, 5) is 4.43. The van der Waals surface area contributed by atoms with E-state index in [-0.39, 0.29) is 5.82 Å². The first kappa shape index (κ1) is 14.2. The van der Waals surface area contributed by atoms with Crippen LogP contribution in [0, 0.1) is 18.7 Å². The van der Waals surface area contributed by atoms with E-state index in [1.165, 1.54) is 12.1 Å². The third-order valence-corrected chi connectivity index (χ3v) is 4.46. The molecular formula is C16H20FN3O. The van der Waals surface area contributed by atoms with Gasteiger partial charge in [-0.05, 0) is 56.2 Å². The normalized spacial score (nSPS) is 26.0. The monoisotopic (exact) mass is 289 g/mol. The first-order valence-corrected chi connectivity index (χ1v) is 7.37. The lowest BCUT2D eigenvalue weighted by Gasteiger charge is -2.32. The Morgan fingerprint density at radius 1 is 1.33 bits per heavy atom. The molecule has 4 nitrogen and oxygen atoms in total. The molecular weight excluding hydrogens is 269 g/mol. The maximum atomic E-state index is 13.4. The molecule has 0 unspecified atom stereocenters. The zero-order valence-corrected chi connectivity index (χ0v) is 12.4. The standard InChI is InChI=1S/C16H20FN3O/c1-10-5-7-16(18,8-6-10)15-19-14(20-21-15)13-9-12(17)4-3-11(13)2/h3-4,9-10H,5-8,18H2,1-2H3. The number of halogens is 1. The van der Waals surface area contributed by atoms with E-state index >= 15 is 0 Å². The number of hydrogen-bond acceptors (Lipinski definition) is 4. The van der Waals surface area contributed by atoms with Crippen LogP contribution in [0.15, 0.2) is 22.7 Å². The number of hydrogen-bond donors (Lipinski definition) is 1. The lowest BCUT2D eigenvalue weighted by Crippen LogP contribution is -2.40. The van der Waals surface area contributed by atoms with Crippen molar-refractivity contribution in [2.45, 2.75) is 45.1 Å². The van der Waals surface area contributed by atoms with Crippen molar-refractivity contribution in [1.82, 2.24) is 10.1 Å². The van der Waals surface area contributed by atoms with Crippen LogP contribution in [0.4, 0.5) is 4.39 Å². The maximum Gasteiger partial charge on any atom is 0.247 e. The molecule has 1 aliphatic carbocycles. The van der Waals surface area contributed by atoms with Gasteiger partial charge in [0, 0.05) is 5.56 Å². The highest BCUT2D eigenvalue weighted by Gasteiger charge is 2.37. The Hall–Kier alpha value is -1.75. The summed E-state index contributed by atoms with van der Waals surface area (Å²) in [7, 11) is 0. The minimum atomic E-state index is -0.543. The van der Waals surface area contributed by atoms with Crippen molar-refractivity contribution in [3.63, 3.8) is 0 Å². The van der Waals surface area contributed by atoms with Crippen molar-refractivity contribution in [3.05, 3.63) is 35.5 Å². The highest BCUT2D eigenvalue weighted by atomic mass is 19.1. The fourth-order valence-corrected chi connectivity index (χ4v) is 2.86. The molecule has 3 rings (SSSR count). The molecule has 1 aromatic carbocycles. The molecule has 0 aliphatic heterocycles. The topological polar surface area (TPSA) is 64.9 Å². The Morgan fingerprint density at radius 3 is 2.76 bits per heavy atom. The summed E-state index contributed by atoms with van der Waals surface area (Å²) < 4.78 is 18.8. The summed E-state index contributed by atoms with van der Waals surface area (Å²) in [5.41, 5.74) is 7.45. The summed E-state index contributed by atoms with van der Waals surface area (Å²) in [6, 6.07) is 4.56. The smallest absolute Gasteiger partial charge is 0.247 e. The van der Waals surface area contributed by atoms with E-state index in [2.05, 4.69) is 17.1 Å². The molecule has 5 heteroatoms. The van der Waals surface area contributed by atoms with Gasteiger partial charge >= 0.3 is 0 Å². The summed E-state index contributed by atoms with van der Waals surface area (Å²) in [5.74, 6) is 1.25. The Kier molecular flexibility index (Phi) is 3.53. The van der Waals surface area contributed by atoms with Crippen LogP contribution >= 0.6 is 0 Å². The van der Waals surface area contributed by atoms with Crippen LogP contribution in [0.3, 0.4) is 0 Å². The van der Waals surface area contributed by atoms with E-state index in [1.807, 2.05) is 6.92 Å². The average molecular weight is 289 g/mol. The molecule has 1 aliphatic rings. The van der Waals surface area contributed by atoms with Crippen molar-refractivity contribution in [3.8, 4) is 11.4 Å². The summed E-state index contributed by atoms with van der Waals surface area (Å²) in [6.07, 6.45) is 3.82. The maximum absolute atomic E-state index is 13.4. The number of aromatic nitrogens is 2. The van der Waals surface area contributed by atoms with E-state index < -0.39 is 5.54 Å². The molecule has 0 amide bonds. The number of nitrogens with two attached hydrogens (primary N) is 1. The van der Waals surface area contributed by atoms with Gasteiger partial charge in [0.05, 0.1) is 5.54 Å². The Morgan fingerprint density at radius 2 is 2.05 bits per heavy atom. The summed E-state index contributed by atoms with van der Waals surface area (Å²) in [6.45, 7) is 4.13. The first-order valence-electron chi connectivity index (χ1n) is 7.37. The van der Waals surface area contributed by atoms with Crippen LogP contribution in [-0.4, -0.2) is 10.1 Å². The summed E-state index contributed by atoms with van der Waals surface area (Å²) in [5, 5.41) is 4.00. The Bertz CT molecular complexity index is 645. The van der Waals surface area contributed by atoms with Gasteiger partial charge in [-0.25, -0.2) is 4.39 Å². The SMILES string of the molecule is Cc1ccc(F)cc1-c1noc(C2(N)CCC(C)CC2)n1. The molecule has 1 fully saturated rings. The highest BCUT2D eigenvalue weighted by Crippen LogP contribution is 2.37. The predicted octanol–water partition coefficient (Wildman–Crippen LogP) is 3.55. The van der Waals surface area contributed by atoms with E-state index in [1.54, 1.807) is 6.07 Å². The van der Waals surface area contributed by atoms with E-state index in [0.29, 0.717) is 23.2 Å². The second-order valence-electron chi connectivity index (χ2n) is 6.22. The third kappa shape index (κ3) is 2.70. The number of nitrogens with zero attached hydrogens (tertiary/aromatic N) is 2. The second kappa shape index (κ2) is 5.22. The molecule has 0 spiro atoms. The molecule has 2 N–H and O–H groups in total. The first-order chi connectivity index (χ1) is 9.98. The molecule has 2 aromatic rings. The minimum Gasteiger partial charge on any atom is -0.337 e. The molecule has 1 heterocycles. The highest BCUT2D eigenvalue weighted by molar-refractivity contribution is 5.59. The lowest BCUT2D eigenvalue weighted by molar-refractivity contribution is 0.190. The number of rotatable bonds is 2. The molecule has 0 radical (unpaired) electrons. The van der Waals surface area contributed by atoms with Gasteiger partial charge in [0.2, 0.25) is 11.7 Å². The van der Waals surface area contributed by atoms with Crippen LogP contribution < -0.4 is 5.73 Å². The van der Waals surface area contributed by atoms with Gasteiger partial charge in [0.15, 0.2) is 0 Å². The van der Waals surface area contributed by atoms with E-state index in [9.17, 15) is 4.39 Å². The molecule has 0 bridgehead atoms. The van der Waals surface area contributed by atoms with Gasteiger partial charge in [-0.2, -0.15) is 4.98 Å². The molecule has 0 atom stereocenters. The van der Waals surface area contributed by atoms with Gasteiger partial charge in [-0.1, -0.05) is 18.1 Å². The third-order valence-electron chi connectivity index (χ3n) is 4.46. The largest absolute Gasteiger partial charge is 0.337 e. The van der Waals surface area contributed by atoms with Crippen molar-refractivity contribution < 1.29 is 8.91 Å². The number of aryl methyl sites for hydroxylation is 1. The van der Waals surface area contributed by atoms with Crippen molar-refractivity contribution in [2.75, 3.05) is 0 Å². The van der Waals surface area contributed by atoms with Gasteiger partial charge < -0.3 is 10.3 Å². The number of benzene rings is 1.